The van der Waals surface area contributed by atoms with E-state index in [2.05, 4.69) is 18.7 Å². The fourth-order valence-electron chi connectivity index (χ4n) is 1.07. The van der Waals surface area contributed by atoms with Gasteiger partial charge in [0.05, 0.1) is 0 Å². The second-order valence-corrected chi connectivity index (χ2v) is 4.35. The Hall–Kier alpha value is 0.200. The van der Waals surface area contributed by atoms with Crippen LogP contribution in [-0.2, 0) is 0 Å². The molecular formula is C9H20N2S2. The van der Waals surface area contributed by atoms with Gasteiger partial charge in [0.15, 0.2) is 4.32 Å². The van der Waals surface area contributed by atoms with Crippen LogP contribution in [0.15, 0.2) is 0 Å². The summed E-state index contributed by atoms with van der Waals surface area (Å²) in [5.74, 6) is 0. The van der Waals surface area contributed by atoms with Crippen molar-refractivity contribution >= 4 is 28.5 Å². The molecule has 0 saturated carbocycles. The van der Waals surface area contributed by atoms with Crippen LogP contribution < -0.4 is 5.14 Å². The maximum absolute atomic E-state index is 5.45. The highest BCUT2D eigenvalue weighted by Crippen LogP contribution is 2.06. The molecule has 2 N–H and O–H groups in total. The zero-order chi connectivity index (χ0) is 10.1. The van der Waals surface area contributed by atoms with E-state index in [-0.39, 0.29) is 0 Å². The lowest BCUT2D eigenvalue weighted by Gasteiger charge is -2.23. The fourth-order valence-corrected chi connectivity index (χ4v) is 1.58. The van der Waals surface area contributed by atoms with Crippen LogP contribution in [0.2, 0.25) is 0 Å². The third kappa shape index (κ3) is 6.29. The minimum absolute atomic E-state index is 0.835. The van der Waals surface area contributed by atoms with Gasteiger partial charge < -0.3 is 4.90 Å². The SMILES string of the molecule is CCCCN(CCCC)C(=S)SN. The van der Waals surface area contributed by atoms with Crippen molar-refractivity contribution in [3.63, 3.8) is 0 Å². The Balaban J connectivity index is 3.79. The van der Waals surface area contributed by atoms with E-state index in [0.29, 0.717) is 0 Å². The molecule has 0 aliphatic heterocycles. The molecule has 0 rings (SSSR count). The Morgan fingerprint density at radius 1 is 1.23 bits per heavy atom. The summed E-state index contributed by atoms with van der Waals surface area (Å²) in [7, 11) is 0. The van der Waals surface area contributed by atoms with Crippen LogP contribution in [-0.4, -0.2) is 22.3 Å². The quantitative estimate of drug-likeness (QED) is 0.550. The molecule has 0 bridgehead atoms. The van der Waals surface area contributed by atoms with Crippen molar-refractivity contribution in [1.29, 1.82) is 0 Å². The highest BCUT2D eigenvalue weighted by Gasteiger charge is 2.06. The first-order valence-electron chi connectivity index (χ1n) is 4.91. The molecule has 0 saturated heterocycles. The van der Waals surface area contributed by atoms with Gasteiger partial charge in [-0.2, -0.15) is 0 Å². The van der Waals surface area contributed by atoms with E-state index in [9.17, 15) is 0 Å². The Morgan fingerprint density at radius 3 is 2.00 bits per heavy atom. The second kappa shape index (κ2) is 8.78. The summed E-state index contributed by atoms with van der Waals surface area (Å²) >= 11 is 6.36. The minimum Gasteiger partial charge on any atom is -0.357 e. The first kappa shape index (κ1) is 13.2. The number of nitrogens with zero attached hydrogens (tertiary/aromatic N) is 1. The molecule has 0 spiro atoms. The molecule has 0 aromatic carbocycles. The molecule has 78 valence electrons. The number of hydrogen-bond acceptors (Lipinski definition) is 3. The van der Waals surface area contributed by atoms with Crippen LogP contribution in [0.5, 0.6) is 0 Å². The molecule has 0 radical (unpaired) electrons. The van der Waals surface area contributed by atoms with E-state index in [4.69, 9.17) is 17.4 Å². The Labute approximate surface area is 91.4 Å². The summed E-state index contributed by atoms with van der Waals surface area (Å²) in [5.41, 5.74) is 0. The highest BCUT2D eigenvalue weighted by atomic mass is 32.2. The van der Waals surface area contributed by atoms with Gasteiger partial charge in [-0.25, -0.2) is 0 Å². The zero-order valence-electron chi connectivity index (χ0n) is 8.58. The van der Waals surface area contributed by atoms with Crippen molar-refractivity contribution < 1.29 is 0 Å². The van der Waals surface area contributed by atoms with Gasteiger partial charge in [-0.3, -0.25) is 5.14 Å². The fraction of sp³-hybridized carbons (Fsp3) is 0.889. The minimum atomic E-state index is 0.835. The predicted molar refractivity (Wildman–Crippen MR) is 65.8 cm³/mol. The number of nitrogens with two attached hydrogens (primary N) is 1. The van der Waals surface area contributed by atoms with Crippen LogP contribution in [0.25, 0.3) is 0 Å². The number of thiocarbonyl (C=S) groups is 1. The summed E-state index contributed by atoms with van der Waals surface area (Å²) in [4.78, 5) is 2.22. The third-order valence-corrected chi connectivity index (χ3v) is 2.93. The van der Waals surface area contributed by atoms with Gasteiger partial charge in [0, 0.05) is 13.1 Å². The van der Waals surface area contributed by atoms with E-state index < -0.39 is 0 Å². The van der Waals surface area contributed by atoms with Crippen molar-refractivity contribution in [2.24, 2.45) is 5.14 Å². The summed E-state index contributed by atoms with van der Waals surface area (Å²) in [6.07, 6.45) is 4.82. The first-order chi connectivity index (χ1) is 6.26. The molecule has 0 unspecified atom stereocenters. The van der Waals surface area contributed by atoms with E-state index in [0.717, 1.165) is 17.4 Å². The molecule has 0 aliphatic rings. The van der Waals surface area contributed by atoms with Crippen molar-refractivity contribution in [2.75, 3.05) is 13.1 Å². The largest absolute Gasteiger partial charge is 0.357 e. The standard InChI is InChI=1S/C9H20N2S2/c1-3-5-7-11(8-6-4-2)9(12)13-10/h3-8,10H2,1-2H3. The summed E-state index contributed by atoms with van der Waals surface area (Å²) in [6, 6.07) is 0. The summed E-state index contributed by atoms with van der Waals surface area (Å²) in [5, 5.41) is 5.45. The van der Waals surface area contributed by atoms with E-state index in [1.165, 1.54) is 37.6 Å². The molecule has 0 aromatic rings. The van der Waals surface area contributed by atoms with Gasteiger partial charge in [-0.05, 0) is 24.8 Å². The van der Waals surface area contributed by atoms with Crippen molar-refractivity contribution in [1.82, 2.24) is 4.90 Å². The second-order valence-electron chi connectivity index (χ2n) is 3.08. The monoisotopic (exact) mass is 220 g/mol. The highest BCUT2D eigenvalue weighted by molar-refractivity contribution is 8.21. The lowest BCUT2D eigenvalue weighted by atomic mass is 10.3. The molecular weight excluding hydrogens is 200 g/mol. The van der Waals surface area contributed by atoms with Crippen LogP contribution in [0, 0.1) is 0 Å². The van der Waals surface area contributed by atoms with E-state index >= 15 is 0 Å². The van der Waals surface area contributed by atoms with Crippen LogP contribution in [0.3, 0.4) is 0 Å². The van der Waals surface area contributed by atoms with E-state index in [1.807, 2.05) is 0 Å². The molecule has 0 atom stereocenters. The normalized spacial score (nSPS) is 10.1. The maximum atomic E-state index is 5.45. The van der Waals surface area contributed by atoms with Gasteiger partial charge in [0.25, 0.3) is 0 Å². The third-order valence-electron chi connectivity index (χ3n) is 1.92. The van der Waals surface area contributed by atoms with Gasteiger partial charge in [-0.15, -0.1) is 0 Å². The molecule has 0 heterocycles. The average Bonchev–Trinajstić information content (AvgIpc) is 2.17. The molecule has 0 amide bonds. The number of rotatable bonds is 6. The van der Waals surface area contributed by atoms with Gasteiger partial charge in [-0.1, -0.05) is 38.9 Å². The number of hydrogen-bond donors (Lipinski definition) is 1. The molecule has 0 fully saturated rings. The topological polar surface area (TPSA) is 29.3 Å². The maximum Gasteiger partial charge on any atom is 0.151 e. The lowest BCUT2D eigenvalue weighted by molar-refractivity contribution is 0.411. The summed E-state index contributed by atoms with van der Waals surface area (Å²) in [6.45, 7) is 6.49. The zero-order valence-corrected chi connectivity index (χ0v) is 10.2. The Bertz CT molecular complexity index is 132. The molecule has 2 nitrogen and oxygen atoms in total. The predicted octanol–water partition coefficient (Wildman–Crippen LogP) is 2.78. The average molecular weight is 220 g/mol. The van der Waals surface area contributed by atoms with Crippen molar-refractivity contribution in [3.05, 3.63) is 0 Å². The smallest absolute Gasteiger partial charge is 0.151 e. The molecule has 0 aliphatic carbocycles. The van der Waals surface area contributed by atoms with Crippen LogP contribution in [0.1, 0.15) is 39.5 Å². The van der Waals surface area contributed by atoms with Crippen molar-refractivity contribution in [2.45, 2.75) is 39.5 Å². The Kier molecular flexibility index (Phi) is 8.92. The van der Waals surface area contributed by atoms with Crippen LogP contribution >= 0.6 is 24.2 Å². The molecule has 0 aromatic heterocycles. The number of unbranched alkanes of at least 4 members (excludes halogenated alkanes) is 2. The molecule has 4 heteroatoms. The summed E-state index contributed by atoms with van der Waals surface area (Å²) < 4.78 is 0.835. The van der Waals surface area contributed by atoms with Gasteiger partial charge >= 0.3 is 0 Å². The molecule has 13 heavy (non-hydrogen) atoms. The first-order valence-corrected chi connectivity index (χ1v) is 6.20. The Morgan fingerprint density at radius 2 is 1.69 bits per heavy atom. The van der Waals surface area contributed by atoms with Crippen molar-refractivity contribution in [3.8, 4) is 0 Å². The van der Waals surface area contributed by atoms with E-state index in [1.54, 1.807) is 0 Å². The lowest BCUT2D eigenvalue weighted by Crippen LogP contribution is -2.30. The van der Waals surface area contributed by atoms with Gasteiger partial charge in [0.1, 0.15) is 0 Å². The van der Waals surface area contributed by atoms with Crippen LogP contribution in [0.4, 0.5) is 0 Å². The van der Waals surface area contributed by atoms with Gasteiger partial charge in [0.2, 0.25) is 0 Å².